The maximum Gasteiger partial charge on any atom is 0.123 e. The number of rotatable bonds is 4. The van der Waals surface area contributed by atoms with Crippen LogP contribution in [0.3, 0.4) is 0 Å². The van der Waals surface area contributed by atoms with E-state index < -0.39 is 0 Å². The van der Waals surface area contributed by atoms with Crippen molar-refractivity contribution < 1.29 is 4.39 Å². The summed E-state index contributed by atoms with van der Waals surface area (Å²) in [5, 5.41) is 0.757. The van der Waals surface area contributed by atoms with E-state index in [-0.39, 0.29) is 11.9 Å². The van der Waals surface area contributed by atoms with Crippen molar-refractivity contribution in [3.8, 4) is 0 Å². The Kier molecular flexibility index (Phi) is 5.31. The van der Waals surface area contributed by atoms with Crippen molar-refractivity contribution in [1.29, 1.82) is 0 Å². The average molecular weight is 333 g/mol. The maximum atomic E-state index is 13.3. The average Bonchev–Trinajstić information content (AvgIpc) is 2.49. The van der Waals surface area contributed by atoms with Crippen LogP contribution in [0.4, 0.5) is 4.39 Å². The molecule has 0 saturated carbocycles. The normalized spacial score (nSPS) is 22.2. The van der Waals surface area contributed by atoms with Gasteiger partial charge in [0.2, 0.25) is 0 Å². The lowest BCUT2D eigenvalue weighted by Crippen LogP contribution is -2.47. The molecule has 2 aromatic carbocycles. The molecule has 1 aliphatic rings. The quantitative estimate of drug-likeness (QED) is 0.921. The van der Waals surface area contributed by atoms with E-state index in [1.807, 2.05) is 18.2 Å². The fourth-order valence-corrected chi connectivity index (χ4v) is 3.60. The summed E-state index contributed by atoms with van der Waals surface area (Å²) < 4.78 is 13.3. The second kappa shape index (κ2) is 7.43. The number of piperidine rings is 1. The number of hydrogen-bond donors (Lipinski definition) is 1. The van der Waals surface area contributed by atoms with Crippen LogP contribution in [0.1, 0.15) is 17.5 Å². The topological polar surface area (TPSA) is 29.3 Å². The van der Waals surface area contributed by atoms with Gasteiger partial charge in [-0.2, -0.15) is 0 Å². The second-order valence-electron chi connectivity index (χ2n) is 6.52. The molecule has 2 aromatic rings. The van der Waals surface area contributed by atoms with Gasteiger partial charge in [-0.15, -0.1) is 0 Å². The lowest BCUT2D eigenvalue weighted by Gasteiger charge is -2.36. The molecular formula is C19H22ClFN2. The van der Waals surface area contributed by atoms with Crippen LogP contribution in [-0.2, 0) is 13.0 Å². The number of nitrogens with two attached hydrogens (primary N) is 1. The molecule has 0 amide bonds. The van der Waals surface area contributed by atoms with E-state index in [4.69, 9.17) is 17.3 Å². The molecule has 0 aromatic heterocycles. The van der Waals surface area contributed by atoms with Crippen molar-refractivity contribution in [2.24, 2.45) is 11.7 Å². The smallest absolute Gasteiger partial charge is 0.123 e. The molecule has 1 saturated heterocycles. The largest absolute Gasteiger partial charge is 0.327 e. The highest BCUT2D eigenvalue weighted by Crippen LogP contribution is 2.22. The zero-order chi connectivity index (χ0) is 16.2. The third-order valence-corrected chi connectivity index (χ3v) is 4.63. The number of benzene rings is 2. The van der Waals surface area contributed by atoms with Gasteiger partial charge in [-0.25, -0.2) is 4.39 Å². The predicted octanol–water partition coefficient (Wildman–Crippen LogP) is 3.87. The van der Waals surface area contributed by atoms with Crippen molar-refractivity contribution in [1.82, 2.24) is 4.90 Å². The molecular weight excluding hydrogens is 311 g/mol. The molecule has 23 heavy (non-hydrogen) atoms. The van der Waals surface area contributed by atoms with E-state index in [2.05, 4.69) is 17.0 Å². The summed E-state index contributed by atoms with van der Waals surface area (Å²) in [5.74, 6) is 0.300. The van der Waals surface area contributed by atoms with Crippen molar-refractivity contribution >= 4 is 11.6 Å². The molecule has 0 aliphatic carbocycles. The minimum absolute atomic E-state index is 0.166. The second-order valence-corrected chi connectivity index (χ2v) is 6.95. The number of halogens is 2. The minimum Gasteiger partial charge on any atom is -0.327 e. The monoisotopic (exact) mass is 332 g/mol. The Morgan fingerprint density at radius 3 is 2.61 bits per heavy atom. The molecule has 122 valence electrons. The highest BCUT2D eigenvalue weighted by atomic mass is 35.5. The van der Waals surface area contributed by atoms with Gasteiger partial charge < -0.3 is 5.73 Å². The van der Waals surface area contributed by atoms with Gasteiger partial charge in [-0.05, 0) is 54.2 Å². The van der Waals surface area contributed by atoms with Crippen LogP contribution in [0.5, 0.6) is 0 Å². The van der Waals surface area contributed by atoms with Crippen molar-refractivity contribution in [2.45, 2.75) is 25.4 Å². The van der Waals surface area contributed by atoms with Gasteiger partial charge in [0, 0.05) is 30.7 Å². The van der Waals surface area contributed by atoms with E-state index >= 15 is 0 Å². The Bertz CT molecular complexity index is 644. The molecule has 1 fully saturated rings. The zero-order valence-corrected chi connectivity index (χ0v) is 13.8. The molecule has 0 spiro atoms. The Morgan fingerprint density at radius 2 is 1.87 bits per heavy atom. The minimum atomic E-state index is -0.166. The van der Waals surface area contributed by atoms with Crippen LogP contribution in [-0.4, -0.2) is 24.0 Å². The third kappa shape index (κ3) is 4.77. The van der Waals surface area contributed by atoms with Crippen LogP contribution in [0.25, 0.3) is 0 Å². The van der Waals surface area contributed by atoms with Gasteiger partial charge in [-0.3, -0.25) is 4.90 Å². The Hall–Kier alpha value is -1.42. The van der Waals surface area contributed by atoms with E-state index in [1.165, 1.54) is 11.6 Å². The summed E-state index contributed by atoms with van der Waals surface area (Å²) in [6, 6.07) is 15.0. The van der Waals surface area contributed by atoms with Crippen LogP contribution in [0, 0.1) is 11.7 Å². The SMILES string of the molecule is NC1CC(Cc2cccc(F)c2)CN(Cc2ccc(Cl)cc2)C1. The summed E-state index contributed by atoms with van der Waals surface area (Å²) in [7, 11) is 0. The molecule has 2 nitrogen and oxygen atoms in total. The van der Waals surface area contributed by atoms with E-state index in [9.17, 15) is 4.39 Å². The molecule has 2 unspecified atom stereocenters. The van der Waals surface area contributed by atoms with Gasteiger partial charge in [-0.1, -0.05) is 35.9 Å². The number of hydrogen-bond acceptors (Lipinski definition) is 2. The first-order valence-corrected chi connectivity index (χ1v) is 8.43. The first-order valence-electron chi connectivity index (χ1n) is 8.05. The standard InChI is InChI=1S/C19H22ClFN2/c20-17-6-4-14(5-7-17)11-23-12-16(10-19(22)13-23)8-15-2-1-3-18(21)9-15/h1-7,9,16,19H,8,10-13,22H2. The molecule has 0 radical (unpaired) electrons. The van der Waals surface area contributed by atoms with Gasteiger partial charge in [0.15, 0.2) is 0 Å². The van der Waals surface area contributed by atoms with Crippen LogP contribution in [0.15, 0.2) is 48.5 Å². The fraction of sp³-hybridized carbons (Fsp3) is 0.368. The van der Waals surface area contributed by atoms with Gasteiger partial charge >= 0.3 is 0 Å². The Morgan fingerprint density at radius 1 is 1.09 bits per heavy atom. The Labute approximate surface area is 142 Å². The lowest BCUT2D eigenvalue weighted by atomic mass is 9.89. The first kappa shape index (κ1) is 16.4. The molecule has 2 atom stereocenters. The first-order chi connectivity index (χ1) is 11.1. The highest BCUT2D eigenvalue weighted by molar-refractivity contribution is 6.30. The Balaban J connectivity index is 1.63. The lowest BCUT2D eigenvalue weighted by molar-refractivity contribution is 0.149. The van der Waals surface area contributed by atoms with E-state index in [0.29, 0.717) is 5.92 Å². The van der Waals surface area contributed by atoms with E-state index in [0.717, 1.165) is 43.1 Å². The van der Waals surface area contributed by atoms with Crippen molar-refractivity contribution in [3.05, 3.63) is 70.5 Å². The highest BCUT2D eigenvalue weighted by Gasteiger charge is 2.25. The third-order valence-electron chi connectivity index (χ3n) is 4.38. The summed E-state index contributed by atoms with van der Waals surface area (Å²) >= 11 is 5.94. The summed E-state index contributed by atoms with van der Waals surface area (Å²) in [4.78, 5) is 2.39. The van der Waals surface area contributed by atoms with Crippen molar-refractivity contribution in [2.75, 3.05) is 13.1 Å². The van der Waals surface area contributed by atoms with E-state index in [1.54, 1.807) is 12.1 Å². The molecule has 1 heterocycles. The molecule has 4 heteroatoms. The van der Waals surface area contributed by atoms with Crippen LogP contribution < -0.4 is 5.73 Å². The molecule has 0 bridgehead atoms. The van der Waals surface area contributed by atoms with Crippen molar-refractivity contribution in [3.63, 3.8) is 0 Å². The fourth-order valence-electron chi connectivity index (χ4n) is 3.47. The maximum absolute atomic E-state index is 13.3. The summed E-state index contributed by atoms with van der Waals surface area (Å²) in [6.07, 6.45) is 1.87. The molecule has 3 rings (SSSR count). The number of nitrogens with zero attached hydrogens (tertiary/aromatic N) is 1. The molecule has 1 aliphatic heterocycles. The zero-order valence-electron chi connectivity index (χ0n) is 13.1. The predicted molar refractivity (Wildman–Crippen MR) is 92.9 cm³/mol. The van der Waals surface area contributed by atoms with Gasteiger partial charge in [0.25, 0.3) is 0 Å². The van der Waals surface area contributed by atoms with Crippen LogP contribution >= 0.6 is 11.6 Å². The van der Waals surface area contributed by atoms with Gasteiger partial charge in [0.05, 0.1) is 0 Å². The van der Waals surface area contributed by atoms with Crippen LogP contribution in [0.2, 0.25) is 5.02 Å². The summed E-state index contributed by atoms with van der Waals surface area (Å²) in [5.41, 5.74) is 8.53. The summed E-state index contributed by atoms with van der Waals surface area (Å²) in [6.45, 7) is 2.78. The molecule has 2 N–H and O–H groups in total. The number of likely N-dealkylation sites (tertiary alicyclic amines) is 1. The van der Waals surface area contributed by atoms with Gasteiger partial charge in [0.1, 0.15) is 5.82 Å².